The van der Waals surface area contributed by atoms with Crippen molar-refractivity contribution in [1.82, 2.24) is 5.32 Å². The molecule has 2 rings (SSSR count). The Kier molecular flexibility index (Phi) is 4.23. The average Bonchev–Trinajstić information content (AvgIpc) is 2.43. The molecule has 0 radical (unpaired) electrons. The van der Waals surface area contributed by atoms with Crippen molar-refractivity contribution in [2.75, 3.05) is 12.3 Å². The van der Waals surface area contributed by atoms with Crippen molar-refractivity contribution in [2.45, 2.75) is 37.6 Å². The van der Waals surface area contributed by atoms with E-state index < -0.39 is 34.3 Å². The van der Waals surface area contributed by atoms with E-state index in [9.17, 15) is 18.7 Å². The predicted octanol–water partition coefficient (Wildman–Crippen LogP) is 1.97. The lowest BCUT2D eigenvalue weighted by molar-refractivity contribution is 0.0754. The highest BCUT2D eigenvalue weighted by Gasteiger charge is 2.34. The first-order chi connectivity index (χ1) is 9.47. The molecule has 4 N–H and O–H groups in total. The number of nitrogen functional groups attached to an aromatic ring is 1. The zero-order chi connectivity index (χ0) is 14.8. The predicted molar refractivity (Wildman–Crippen MR) is 71.1 cm³/mol. The quantitative estimate of drug-likeness (QED) is 0.743. The molecule has 4 nitrogen and oxygen atoms in total. The molecule has 1 amide bonds. The first-order valence-corrected chi connectivity index (χ1v) is 6.65. The summed E-state index contributed by atoms with van der Waals surface area (Å²) in [5.74, 6) is -2.45. The van der Waals surface area contributed by atoms with Crippen LogP contribution in [0.15, 0.2) is 12.1 Å². The van der Waals surface area contributed by atoms with Gasteiger partial charge in [-0.2, -0.15) is 0 Å². The largest absolute Gasteiger partial charge is 0.396 e. The van der Waals surface area contributed by atoms with Crippen molar-refractivity contribution in [2.24, 2.45) is 0 Å². The summed E-state index contributed by atoms with van der Waals surface area (Å²) in [5, 5.41) is 12.2. The van der Waals surface area contributed by atoms with Gasteiger partial charge in [-0.3, -0.25) is 4.79 Å². The minimum Gasteiger partial charge on any atom is -0.396 e. The lowest BCUT2D eigenvalue weighted by Crippen LogP contribution is -2.52. The Labute approximate surface area is 116 Å². The number of halogens is 2. The van der Waals surface area contributed by atoms with Gasteiger partial charge < -0.3 is 16.2 Å². The average molecular weight is 284 g/mol. The van der Waals surface area contributed by atoms with Crippen LogP contribution in [0.5, 0.6) is 0 Å². The van der Waals surface area contributed by atoms with E-state index in [0.717, 1.165) is 31.4 Å². The van der Waals surface area contributed by atoms with Gasteiger partial charge in [-0.05, 0) is 25.0 Å². The van der Waals surface area contributed by atoms with Crippen molar-refractivity contribution in [3.05, 3.63) is 29.3 Å². The standard InChI is InChI=1S/C14H18F2N2O2/c15-9-6-10(12(16)11(17)7-9)13(20)18-14(8-19)4-2-1-3-5-14/h6-7,19H,1-5,8,17H2,(H,18,20). The molecule has 6 heteroatoms. The molecular weight excluding hydrogens is 266 g/mol. The van der Waals surface area contributed by atoms with Gasteiger partial charge in [0, 0.05) is 0 Å². The molecule has 0 bridgehead atoms. The van der Waals surface area contributed by atoms with Crippen LogP contribution in [0, 0.1) is 11.6 Å². The number of hydrogen-bond acceptors (Lipinski definition) is 3. The first kappa shape index (κ1) is 14.7. The molecule has 1 aliphatic carbocycles. The molecule has 0 atom stereocenters. The molecule has 1 aromatic carbocycles. The van der Waals surface area contributed by atoms with Crippen molar-refractivity contribution in [1.29, 1.82) is 0 Å². The number of nitrogens with two attached hydrogens (primary N) is 1. The third kappa shape index (κ3) is 2.90. The molecule has 1 fully saturated rings. The second kappa shape index (κ2) is 5.75. The molecule has 110 valence electrons. The van der Waals surface area contributed by atoms with E-state index in [1.807, 2.05) is 0 Å². The van der Waals surface area contributed by atoms with Crippen molar-refractivity contribution in [3.8, 4) is 0 Å². The van der Waals surface area contributed by atoms with E-state index in [1.165, 1.54) is 0 Å². The molecule has 0 heterocycles. The first-order valence-electron chi connectivity index (χ1n) is 6.65. The normalized spacial score (nSPS) is 17.8. The molecular formula is C14H18F2N2O2. The minimum atomic E-state index is -0.937. The number of aliphatic hydroxyl groups is 1. The van der Waals surface area contributed by atoms with Gasteiger partial charge in [0.05, 0.1) is 23.4 Å². The summed E-state index contributed by atoms with van der Waals surface area (Å²) >= 11 is 0. The highest BCUT2D eigenvalue weighted by Crippen LogP contribution is 2.28. The number of amides is 1. The third-order valence-corrected chi connectivity index (χ3v) is 3.80. The molecule has 0 spiro atoms. The fourth-order valence-corrected chi connectivity index (χ4v) is 2.63. The minimum absolute atomic E-state index is 0.217. The second-order valence-electron chi connectivity index (χ2n) is 5.31. The fourth-order valence-electron chi connectivity index (χ4n) is 2.63. The van der Waals surface area contributed by atoms with E-state index in [4.69, 9.17) is 5.73 Å². The van der Waals surface area contributed by atoms with Gasteiger partial charge in [0.15, 0.2) is 5.82 Å². The topological polar surface area (TPSA) is 75.4 Å². The van der Waals surface area contributed by atoms with Gasteiger partial charge in [-0.25, -0.2) is 8.78 Å². The Hall–Kier alpha value is -1.69. The number of anilines is 1. The summed E-state index contributed by atoms with van der Waals surface area (Å²) in [5.41, 5.74) is 3.73. The lowest BCUT2D eigenvalue weighted by atomic mass is 9.82. The van der Waals surface area contributed by atoms with E-state index in [0.29, 0.717) is 12.8 Å². The number of carbonyl (C=O) groups is 1. The molecule has 1 aromatic rings. The molecule has 0 aliphatic heterocycles. The molecule has 0 saturated heterocycles. The van der Waals surface area contributed by atoms with Crippen LogP contribution in [-0.2, 0) is 0 Å². The smallest absolute Gasteiger partial charge is 0.254 e. The van der Waals surface area contributed by atoms with Crippen LogP contribution < -0.4 is 11.1 Å². The SMILES string of the molecule is Nc1cc(F)cc(C(=O)NC2(CO)CCCCC2)c1F. The van der Waals surface area contributed by atoms with Gasteiger partial charge >= 0.3 is 0 Å². The summed E-state index contributed by atoms with van der Waals surface area (Å²) in [4.78, 5) is 12.1. The third-order valence-electron chi connectivity index (χ3n) is 3.80. The number of carbonyl (C=O) groups excluding carboxylic acids is 1. The van der Waals surface area contributed by atoms with Crippen LogP contribution in [-0.4, -0.2) is 23.2 Å². The zero-order valence-corrected chi connectivity index (χ0v) is 11.1. The van der Waals surface area contributed by atoms with Crippen LogP contribution in [0.25, 0.3) is 0 Å². The fraction of sp³-hybridized carbons (Fsp3) is 0.500. The summed E-state index contributed by atoms with van der Waals surface area (Å²) < 4.78 is 27.0. The van der Waals surface area contributed by atoms with E-state index in [1.54, 1.807) is 0 Å². The Morgan fingerprint density at radius 2 is 1.95 bits per heavy atom. The summed E-state index contributed by atoms with van der Waals surface area (Å²) in [7, 11) is 0. The van der Waals surface area contributed by atoms with Gasteiger partial charge in [-0.1, -0.05) is 19.3 Å². The van der Waals surface area contributed by atoms with Gasteiger partial charge in [0.25, 0.3) is 5.91 Å². The van der Waals surface area contributed by atoms with Gasteiger partial charge in [0.1, 0.15) is 5.82 Å². The Balaban J connectivity index is 2.23. The van der Waals surface area contributed by atoms with Gasteiger partial charge in [-0.15, -0.1) is 0 Å². The second-order valence-corrected chi connectivity index (χ2v) is 5.31. The Morgan fingerprint density at radius 3 is 2.55 bits per heavy atom. The summed E-state index contributed by atoms with van der Waals surface area (Å²) in [6.07, 6.45) is 4.06. The highest BCUT2D eigenvalue weighted by molar-refractivity contribution is 5.96. The van der Waals surface area contributed by atoms with E-state index in [-0.39, 0.29) is 6.61 Å². The number of aliphatic hydroxyl groups excluding tert-OH is 1. The van der Waals surface area contributed by atoms with Gasteiger partial charge in [0.2, 0.25) is 0 Å². The van der Waals surface area contributed by atoms with Crippen LogP contribution in [0.4, 0.5) is 14.5 Å². The molecule has 20 heavy (non-hydrogen) atoms. The molecule has 0 aromatic heterocycles. The van der Waals surface area contributed by atoms with E-state index in [2.05, 4.69) is 5.32 Å². The van der Waals surface area contributed by atoms with Crippen molar-refractivity contribution >= 4 is 11.6 Å². The summed E-state index contributed by atoms with van der Waals surface area (Å²) in [6.45, 7) is -0.217. The monoisotopic (exact) mass is 284 g/mol. The van der Waals surface area contributed by atoms with E-state index >= 15 is 0 Å². The maximum Gasteiger partial charge on any atom is 0.254 e. The number of benzene rings is 1. The molecule has 0 unspecified atom stereocenters. The van der Waals surface area contributed by atoms with Crippen molar-refractivity contribution < 1.29 is 18.7 Å². The molecule has 1 saturated carbocycles. The van der Waals surface area contributed by atoms with Crippen LogP contribution in [0.2, 0.25) is 0 Å². The highest BCUT2D eigenvalue weighted by atomic mass is 19.1. The maximum absolute atomic E-state index is 13.8. The number of nitrogens with one attached hydrogen (secondary N) is 1. The van der Waals surface area contributed by atoms with Crippen LogP contribution in [0.3, 0.4) is 0 Å². The zero-order valence-electron chi connectivity index (χ0n) is 11.1. The molecule has 1 aliphatic rings. The van der Waals surface area contributed by atoms with Crippen LogP contribution in [0.1, 0.15) is 42.5 Å². The number of rotatable bonds is 3. The Morgan fingerprint density at radius 1 is 1.30 bits per heavy atom. The summed E-state index contributed by atoms with van der Waals surface area (Å²) in [6, 6.07) is 1.64. The maximum atomic E-state index is 13.8. The lowest BCUT2D eigenvalue weighted by Gasteiger charge is -2.36. The number of hydrogen-bond donors (Lipinski definition) is 3. The van der Waals surface area contributed by atoms with Crippen LogP contribution >= 0.6 is 0 Å². The Bertz CT molecular complexity index is 514. The van der Waals surface area contributed by atoms with Crippen molar-refractivity contribution in [3.63, 3.8) is 0 Å².